The normalized spacial score (nSPS) is 17.7. The Morgan fingerprint density at radius 3 is 2.50 bits per heavy atom. The summed E-state index contributed by atoms with van der Waals surface area (Å²) in [5.74, 6) is -0.294. The molecule has 0 saturated carbocycles. The maximum atomic E-state index is 12.0. The highest BCUT2D eigenvalue weighted by atomic mass is 16.2. The van der Waals surface area contributed by atoms with Gasteiger partial charge in [-0.05, 0) is 25.7 Å². The number of carbonyl (C=O) groups excluding carboxylic acids is 2. The molecule has 1 saturated heterocycles. The van der Waals surface area contributed by atoms with Crippen molar-refractivity contribution >= 4 is 18.0 Å². The second-order valence-electron chi connectivity index (χ2n) is 4.35. The third-order valence-electron chi connectivity index (χ3n) is 2.50. The lowest BCUT2D eigenvalue weighted by Gasteiger charge is -2.16. The first kappa shape index (κ1) is 12.3. The summed E-state index contributed by atoms with van der Waals surface area (Å²) in [7, 11) is 3.61. The predicted octanol–water partition coefficient (Wildman–Crippen LogP) is 1.10. The lowest BCUT2D eigenvalue weighted by Crippen LogP contribution is -2.38. The Morgan fingerprint density at radius 2 is 1.89 bits per heavy atom. The largest absolute Gasteiger partial charge is 0.330 e. The van der Waals surface area contributed by atoms with Gasteiger partial charge in [0, 0.05) is 0 Å². The molecular weight excluding hydrogens is 230 g/mol. The smallest absolute Gasteiger partial charge is 0.303 e. The molecule has 1 fully saturated rings. The van der Waals surface area contributed by atoms with Gasteiger partial charge in [0.1, 0.15) is 5.70 Å². The van der Waals surface area contributed by atoms with Crippen LogP contribution in [0, 0.1) is 0 Å². The number of benzene rings is 1. The monoisotopic (exact) mass is 245 g/mol. The molecule has 0 radical (unpaired) electrons. The molecule has 1 aromatic rings. The van der Waals surface area contributed by atoms with Crippen LogP contribution in [0.2, 0.25) is 0 Å². The molecule has 0 spiro atoms. The molecule has 5 nitrogen and oxygen atoms in total. The molecule has 5 heteroatoms. The molecule has 0 atom stereocenters. The summed E-state index contributed by atoms with van der Waals surface area (Å²) < 4.78 is 0. The summed E-state index contributed by atoms with van der Waals surface area (Å²) in [5.41, 5.74) is 1.20. The molecule has 2 rings (SSSR count). The number of imide groups is 1. The van der Waals surface area contributed by atoms with Crippen molar-refractivity contribution in [2.45, 2.75) is 0 Å². The van der Waals surface area contributed by atoms with Gasteiger partial charge in [-0.15, -0.1) is 0 Å². The maximum absolute atomic E-state index is 12.0. The predicted molar refractivity (Wildman–Crippen MR) is 68.4 cm³/mol. The van der Waals surface area contributed by atoms with Crippen LogP contribution >= 0.6 is 0 Å². The molecule has 94 valence electrons. The zero-order chi connectivity index (χ0) is 13.1. The van der Waals surface area contributed by atoms with E-state index in [0.717, 1.165) is 5.56 Å². The minimum absolute atomic E-state index is 0.275. The molecule has 0 unspecified atom stereocenters. The van der Waals surface area contributed by atoms with E-state index in [4.69, 9.17) is 0 Å². The summed E-state index contributed by atoms with van der Waals surface area (Å²) in [6, 6.07) is 9.03. The zero-order valence-corrected chi connectivity index (χ0v) is 10.4. The Hall–Kier alpha value is -2.14. The van der Waals surface area contributed by atoms with Crippen molar-refractivity contribution in [3.63, 3.8) is 0 Å². The van der Waals surface area contributed by atoms with Gasteiger partial charge >= 0.3 is 6.03 Å². The summed E-state index contributed by atoms with van der Waals surface area (Å²) in [4.78, 5) is 26.6. The molecule has 1 aromatic carbocycles. The molecule has 1 N–H and O–H groups in total. The highest BCUT2D eigenvalue weighted by molar-refractivity contribution is 6.13. The van der Waals surface area contributed by atoms with Crippen LogP contribution in [0.5, 0.6) is 0 Å². The fraction of sp³-hybridized carbons (Fsp3) is 0.231. The summed E-state index contributed by atoms with van der Waals surface area (Å²) in [5, 5.41) is 2.58. The van der Waals surface area contributed by atoms with E-state index in [1.807, 2.05) is 30.3 Å². The first-order valence-corrected chi connectivity index (χ1v) is 5.62. The number of hydrogen-bond acceptors (Lipinski definition) is 3. The van der Waals surface area contributed by atoms with Gasteiger partial charge in [0.05, 0.1) is 6.67 Å². The van der Waals surface area contributed by atoms with Crippen molar-refractivity contribution in [3.8, 4) is 0 Å². The molecule has 3 amide bonds. The topological polar surface area (TPSA) is 52.6 Å². The molecular formula is C13H15N3O2. The summed E-state index contributed by atoms with van der Waals surface area (Å²) in [6.45, 7) is 0.275. The van der Waals surface area contributed by atoms with Crippen LogP contribution in [-0.4, -0.2) is 42.5 Å². The number of hydrogen-bond donors (Lipinski definition) is 1. The van der Waals surface area contributed by atoms with Gasteiger partial charge in [0.2, 0.25) is 0 Å². The third-order valence-corrected chi connectivity index (χ3v) is 2.50. The van der Waals surface area contributed by atoms with Crippen LogP contribution in [0.1, 0.15) is 5.56 Å². The molecule has 0 aromatic heterocycles. The fourth-order valence-corrected chi connectivity index (χ4v) is 1.70. The van der Waals surface area contributed by atoms with E-state index in [0.29, 0.717) is 5.70 Å². The second-order valence-corrected chi connectivity index (χ2v) is 4.35. The standard InChI is InChI=1S/C13H15N3O2/c1-15(2)9-16-12(17)11(14-13(16)18)8-10-6-4-3-5-7-10/h3-8H,9H2,1-2H3,(H,14,18)/b11-8-. The van der Waals surface area contributed by atoms with E-state index in [-0.39, 0.29) is 18.6 Å². The third kappa shape index (κ3) is 2.57. The molecule has 18 heavy (non-hydrogen) atoms. The van der Waals surface area contributed by atoms with Gasteiger partial charge in [-0.25, -0.2) is 9.69 Å². The Balaban J connectivity index is 2.20. The lowest BCUT2D eigenvalue weighted by molar-refractivity contribution is -0.124. The van der Waals surface area contributed by atoms with Crippen LogP contribution < -0.4 is 5.32 Å². The maximum Gasteiger partial charge on any atom is 0.330 e. The number of nitrogens with zero attached hydrogens (tertiary/aromatic N) is 2. The Labute approximate surface area is 106 Å². The van der Waals surface area contributed by atoms with Crippen LogP contribution in [-0.2, 0) is 4.79 Å². The fourth-order valence-electron chi connectivity index (χ4n) is 1.70. The van der Waals surface area contributed by atoms with E-state index in [1.54, 1.807) is 25.1 Å². The van der Waals surface area contributed by atoms with Gasteiger partial charge in [-0.1, -0.05) is 30.3 Å². The molecule has 1 heterocycles. The number of urea groups is 1. The van der Waals surface area contributed by atoms with Gasteiger partial charge in [-0.2, -0.15) is 0 Å². The van der Waals surface area contributed by atoms with Crippen molar-refractivity contribution in [3.05, 3.63) is 41.6 Å². The number of carbonyl (C=O) groups is 2. The van der Waals surface area contributed by atoms with E-state index in [1.165, 1.54) is 4.90 Å². The van der Waals surface area contributed by atoms with Crippen molar-refractivity contribution in [1.29, 1.82) is 0 Å². The Kier molecular flexibility index (Phi) is 3.43. The van der Waals surface area contributed by atoms with Crippen LogP contribution in [0.4, 0.5) is 4.79 Å². The number of amides is 3. The zero-order valence-electron chi connectivity index (χ0n) is 10.4. The van der Waals surface area contributed by atoms with E-state index >= 15 is 0 Å². The SMILES string of the molecule is CN(C)CN1C(=O)N/C(=C\c2ccccc2)C1=O. The van der Waals surface area contributed by atoms with Crippen LogP contribution in [0.25, 0.3) is 6.08 Å². The van der Waals surface area contributed by atoms with Crippen molar-refractivity contribution in [2.24, 2.45) is 0 Å². The average molecular weight is 245 g/mol. The first-order valence-electron chi connectivity index (χ1n) is 5.62. The summed E-state index contributed by atoms with van der Waals surface area (Å²) in [6.07, 6.45) is 1.68. The molecule has 1 aliphatic rings. The van der Waals surface area contributed by atoms with E-state index < -0.39 is 0 Å². The van der Waals surface area contributed by atoms with Crippen molar-refractivity contribution < 1.29 is 9.59 Å². The van der Waals surface area contributed by atoms with Gasteiger partial charge in [0.25, 0.3) is 5.91 Å². The number of rotatable bonds is 3. The Bertz CT molecular complexity index is 494. The second kappa shape index (κ2) is 5.01. The number of nitrogens with one attached hydrogen (secondary N) is 1. The summed E-state index contributed by atoms with van der Waals surface area (Å²) >= 11 is 0. The van der Waals surface area contributed by atoms with Crippen LogP contribution in [0.15, 0.2) is 36.0 Å². The van der Waals surface area contributed by atoms with Gasteiger partial charge < -0.3 is 5.32 Å². The lowest BCUT2D eigenvalue weighted by atomic mass is 10.2. The molecule has 0 bridgehead atoms. The molecule has 0 aliphatic carbocycles. The van der Waals surface area contributed by atoms with Crippen molar-refractivity contribution in [1.82, 2.24) is 15.1 Å². The van der Waals surface area contributed by atoms with Gasteiger partial charge in [-0.3, -0.25) is 9.69 Å². The van der Waals surface area contributed by atoms with Crippen LogP contribution in [0.3, 0.4) is 0 Å². The Morgan fingerprint density at radius 1 is 1.22 bits per heavy atom. The minimum atomic E-state index is -0.379. The van der Waals surface area contributed by atoms with Crippen molar-refractivity contribution in [2.75, 3.05) is 20.8 Å². The highest BCUT2D eigenvalue weighted by Gasteiger charge is 2.33. The molecule has 1 aliphatic heterocycles. The van der Waals surface area contributed by atoms with E-state index in [9.17, 15) is 9.59 Å². The first-order chi connectivity index (χ1) is 8.58. The quantitative estimate of drug-likeness (QED) is 0.641. The highest BCUT2D eigenvalue weighted by Crippen LogP contribution is 2.13. The van der Waals surface area contributed by atoms with E-state index in [2.05, 4.69) is 5.32 Å². The average Bonchev–Trinajstić information content (AvgIpc) is 2.58. The minimum Gasteiger partial charge on any atom is -0.303 e. The van der Waals surface area contributed by atoms with Gasteiger partial charge in [0.15, 0.2) is 0 Å².